The largest absolute Gasteiger partial charge is 0.449 e. The predicted octanol–water partition coefficient (Wildman–Crippen LogP) is 1.76. The lowest BCUT2D eigenvalue weighted by Crippen LogP contribution is -2.45. The molecule has 146 valence electrons. The number of amides is 2. The van der Waals surface area contributed by atoms with Crippen LogP contribution in [-0.4, -0.2) is 32.3 Å². The number of benzene rings is 2. The summed E-state index contributed by atoms with van der Waals surface area (Å²) in [6.07, 6.45) is -0.841. The molecule has 1 atom stereocenters. The number of esters is 1. The van der Waals surface area contributed by atoms with Gasteiger partial charge in [-0.25, -0.2) is 13.2 Å². The van der Waals surface area contributed by atoms with Crippen LogP contribution in [-0.2, 0) is 24.3 Å². The van der Waals surface area contributed by atoms with Gasteiger partial charge in [0.2, 0.25) is 5.91 Å². The third-order valence-electron chi connectivity index (χ3n) is 4.14. The van der Waals surface area contributed by atoms with Gasteiger partial charge < -0.3 is 4.74 Å². The van der Waals surface area contributed by atoms with E-state index in [0.717, 1.165) is 5.56 Å². The van der Waals surface area contributed by atoms with E-state index in [9.17, 15) is 22.8 Å². The summed E-state index contributed by atoms with van der Waals surface area (Å²) in [7, 11) is -3.81. The number of anilines is 1. The first kappa shape index (κ1) is 19.6. The Bertz CT molecular complexity index is 1010. The zero-order chi connectivity index (χ0) is 20.3. The first-order valence-corrected chi connectivity index (χ1v) is 9.97. The molecule has 0 saturated carbocycles. The summed E-state index contributed by atoms with van der Waals surface area (Å²) in [4.78, 5) is 34.9. The SMILES string of the molecule is Cc1ccc(NS(=O)(=O)c2ccc(C(=O)OC3CCC(=O)NC3=O)cc2)cc1. The van der Waals surface area contributed by atoms with Crippen LogP contribution < -0.4 is 10.0 Å². The number of sulfonamides is 1. The maximum atomic E-state index is 12.4. The average Bonchev–Trinajstić information content (AvgIpc) is 2.66. The molecule has 0 spiro atoms. The maximum absolute atomic E-state index is 12.4. The Hall–Kier alpha value is -3.20. The highest BCUT2D eigenvalue weighted by Gasteiger charge is 2.30. The molecule has 2 aromatic carbocycles. The van der Waals surface area contributed by atoms with Gasteiger partial charge in [-0.1, -0.05) is 17.7 Å². The Kier molecular flexibility index (Phi) is 5.46. The molecule has 1 saturated heterocycles. The second-order valence-electron chi connectivity index (χ2n) is 6.34. The van der Waals surface area contributed by atoms with Crippen LogP contribution in [0.15, 0.2) is 53.4 Å². The quantitative estimate of drug-likeness (QED) is 0.581. The van der Waals surface area contributed by atoms with Gasteiger partial charge in [0.15, 0.2) is 6.10 Å². The number of piperidine rings is 1. The average molecular weight is 402 g/mol. The van der Waals surface area contributed by atoms with Crippen LogP contribution in [0.4, 0.5) is 5.69 Å². The van der Waals surface area contributed by atoms with Crippen molar-refractivity contribution in [1.29, 1.82) is 0 Å². The molecule has 9 heteroatoms. The molecule has 1 aliphatic heterocycles. The smallest absolute Gasteiger partial charge is 0.338 e. The van der Waals surface area contributed by atoms with E-state index in [1.165, 1.54) is 24.3 Å². The van der Waals surface area contributed by atoms with Crippen molar-refractivity contribution in [3.05, 3.63) is 59.7 Å². The molecule has 1 aliphatic rings. The standard InChI is InChI=1S/C19H18N2O6S/c1-12-2-6-14(7-3-12)21-28(25,26)15-8-4-13(5-9-15)19(24)27-16-10-11-17(22)20-18(16)23/h2-9,16,21H,10-11H2,1H3,(H,20,22,23). The van der Waals surface area contributed by atoms with E-state index in [2.05, 4.69) is 10.0 Å². The van der Waals surface area contributed by atoms with Gasteiger partial charge in [-0.15, -0.1) is 0 Å². The molecule has 1 unspecified atom stereocenters. The van der Waals surface area contributed by atoms with E-state index < -0.39 is 33.9 Å². The first-order chi connectivity index (χ1) is 13.2. The first-order valence-electron chi connectivity index (χ1n) is 8.49. The number of nitrogens with one attached hydrogen (secondary N) is 2. The zero-order valence-corrected chi connectivity index (χ0v) is 15.8. The van der Waals surface area contributed by atoms with Crippen molar-refractivity contribution < 1.29 is 27.5 Å². The van der Waals surface area contributed by atoms with Gasteiger partial charge in [0, 0.05) is 18.5 Å². The van der Waals surface area contributed by atoms with Crippen LogP contribution >= 0.6 is 0 Å². The Morgan fingerprint density at radius 1 is 1.07 bits per heavy atom. The summed E-state index contributed by atoms with van der Waals surface area (Å²) in [5.41, 5.74) is 1.52. The van der Waals surface area contributed by atoms with Gasteiger partial charge in [0.25, 0.3) is 15.9 Å². The fourth-order valence-electron chi connectivity index (χ4n) is 2.59. The lowest BCUT2D eigenvalue weighted by Gasteiger charge is -2.20. The maximum Gasteiger partial charge on any atom is 0.338 e. The van der Waals surface area contributed by atoms with Crippen LogP contribution in [0, 0.1) is 6.92 Å². The molecular weight excluding hydrogens is 384 g/mol. The molecule has 0 radical (unpaired) electrons. The molecule has 2 N–H and O–H groups in total. The summed E-state index contributed by atoms with van der Waals surface area (Å²) in [5, 5.41) is 2.10. The second kappa shape index (κ2) is 7.81. The van der Waals surface area contributed by atoms with Crippen LogP contribution in [0.2, 0.25) is 0 Å². The Morgan fingerprint density at radius 2 is 1.71 bits per heavy atom. The molecule has 0 aromatic heterocycles. The van der Waals surface area contributed by atoms with Gasteiger partial charge in [0.05, 0.1) is 10.5 Å². The number of carbonyl (C=O) groups is 3. The van der Waals surface area contributed by atoms with Gasteiger partial charge >= 0.3 is 5.97 Å². The monoisotopic (exact) mass is 402 g/mol. The van der Waals surface area contributed by atoms with Crippen molar-refractivity contribution in [2.45, 2.75) is 30.8 Å². The molecule has 2 amide bonds. The number of hydrogen-bond acceptors (Lipinski definition) is 6. The lowest BCUT2D eigenvalue weighted by atomic mass is 10.1. The molecule has 3 rings (SSSR count). The normalized spacial score (nSPS) is 17.0. The molecule has 28 heavy (non-hydrogen) atoms. The third-order valence-corrected chi connectivity index (χ3v) is 5.54. The summed E-state index contributed by atoms with van der Waals surface area (Å²) in [6, 6.07) is 12.0. The molecule has 0 bridgehead atoms. The molecule has 0 aliphatic carbocycles. The molecular formula is C19H18N2O6S. The van der Waals surface area contributed by atoms with Crippen molar-refractivity contribution in [1.82, 2.24) is 5.32 Å². The highest BCUT2D eigenvalue weighted by atomic mass is 32.2. The van der Waals surface area contributed by atoms with Gasteiger partial charge in [-0.05, 0) is 43.3 Å². The van der Waals surface area contributed by atoms with E-state index in [0.29, 0.717) is 5.69 Å². The van der Waals surface area contributed by atoms with Crippen LogP contribution in [0.25, 0.3) is 0 Å². The van der Waals surface area contributed by atoms with Crippen LogP contribution in [0.3, 0.4) is 0 Å². The Morgan fingerprint density at radius 3 is 2.32 bits per heavy atom. The van der Waals surface area contributed by atoms with Crippen molar-refractivity contribution in [3.8, 4) is 0 Å². The number of imide groups is 1. The topological polar surface area (TPSA) is 119 Å². The summed E-state index contributed by atoms with van der Waals surface area (Å²) < 4.78 is 32.5. The molecule has 1 fully saturated rings. The molecule has 1 heterocycles. The van der Waals surface area contributed by atoms with E-state index in [1.54, 1.807) is 24.3 Å². The number of aryl methyl sites for hydroxylation is 1. The zero-order valence-electron chi connectivity index (χ0n) is 15.0. The number of ether oxygens (including phenoxy) is 1. The fourth-order valence-corrected chi connectivity index (χ4v) is 3.65. The molecule has 8 nitrogen and oxygen atoms in total. The second-order valence-corrected chi connectivity index (χ2v) is 8.02. The third kappa shape index (κ3) is 4.55. The number of carbonyl (C=O) groups excluding carboxylic acids is 3. The number of hydrogen-bond donors (Lipinski definition) is 2. The summed E-state index contributed by atoms with van der Waals surface area (Å²) in [6.45, 7) is 1.89. The van der Waals surface area contributed by atoms with E-state index in [-0.39, 0.29) is 23.3 Å². The van der Waals surface area contributed by atoms with E-state index in [4.69, 9.17) is 4.74 Å². The Labute approximate surface area is 161 Å². The van der Waals surface area contributed by atoms with Gasteiger partial charge in [0.1, 0.15) is 0 Å². The van der Waals surface area contributed by atoms with Crippen molar-refractivity contribution in [2.24, 2.45) is 0 Å². The van der Waals surface area contributed by atoms with Gasteiger partial charge in [-0.2, -0.15) is 0 Å². The summed E-state index contributed by atoms with van der Waals surface area (Å²) >= 11 is 0. The van der Waals surface area contributed by atoms with Crippen molar-refractivity contribution >= 4 is 33.5 Å². The minimum Gasteiger partial charge on any atom is -0.449 e. The van der Waals surface area contributed by atoms with Crippen LogP contribution in [0.1, 0.15) is 28.8 Å². The van der Waals surface area contributed by atoms with Crippen molar-refractivity contribution in [2.75, 3.05) is 4.72 Å². The lowest BCUT2D eigenvalue weighted by molar-refractivity contribution is -0.140. The minimum atomic E-state index is -3.81. The van der Waals surface area contributed by atoms with Crippen LogP contribution in [0.5, 0.6) is 0 Å². The predicted molar refractivity (Wildman–Crippen MR) is 100 cm³/mol. The highest BCUT2D eigenvalue weighted by molar-refractivity contribution is 7.92. The summed E-state index contributed by atoms with van der Waals surface area (Å²) in [5.74, 6) is -1.84. The van der Waals surface area contributed by atoms with Crippen molar-refractivity contribution in [3.63, 3.8) is 0 Å². The minimum absolute atomic E-state index is 0.0226. The Balaban J connectivity index is 1.68. The fraction of sp³-hybridized carbons (Fsp3) is 0.211. The van der Waals surface area contributed by atoms with E-state index >= 15 is 0 Å². The number of rotatable bonds is 5. The van der Waals surface area contributed by atoms with E-state index in [1.807, 2.05) is 6.92 Å². The highest BCUT2D eigenvalue weighted by Crippen LogP contribution is 2.18. The molecule has 2 aromatic rings. The van der Waals surface area contributed by atoms with Gasteiger partial charge in [-0.3, -0.25) is 19.6 Å².